The van der Waals surface area contributed by atoms with E-state index >= 15 is 0 Å². The lowest BCUT2D eigenvalue weighted by Gasteiger charge is -2.17. The molecular formula is C16H17Br2N. The van der Waals surface area contributed by atoms with Crippen molar-refractivity contribution >= 4 is 37.5 Å². The maximum absolute atomic E-state index is 3.58. The Morgan fingerprint density at radius 3 is 2.32 bits per heavy atom. The van der Waals surface area contributed by atoms with Gasteiger partial charge in [0.05, 0.1) is 0 Å². The molecule has 3 heteroatoms. The Morgan fingerprint density at radius 1 is 1.05 bits per heavy atom. The molecule has 0 fully saturated rings. The van der Waals surface area contributed by atoms with Gasteiger partial charge in [0.2, 0.25) is 0 Å². The minimum absolute atomic E-state index is 0.281. The monoisotopic (exact) mass is 381 g/mol. The molecule has 1 atom stereocenters. The third-order valence-electron chi connectivity index (χ3n) is 3.19. The highest BCUT2D eigenvalue weighted by Crippen LogP contribution is 2.29. The second kappa shape index (κ2) is 6.58. The van der Waals surface area contributed by atoms with Crippen LogP contribution < -0.4 is 5.32 Å². The molecule has 0 saturated carbocycles. The summed E-state index contributed by atoms with van der Waals surface area (Å²) in [6.45, 7) is 4.35. The summed E-state index contributed by atoms with van der Waals surface area (Å²) in [7, 11) is 0. The number of hydrogen-bond acceptors (Lipinski definition) is 1. The van der Waals surface area contributed by atoms with Crippen LogP contribution in [0.25, 0.3) is 0 Å². The summed E-state index contributed by atoms with van der Waals surface area (Å²) in [5.74, 6) is 0. The molecule has 0 radical (unpaired) electrons. The van der Waals surface area contributed by atoms with Gasteiger partial charge < -0.3 is 5.32 Å². The van der Waals surface area contributed by atoms with Crippen LogP contribution in [-0.2, 0) is 6.42 Å². The number of nitrogens with one attached hydrogen (secondary N) is 1. The van der Waals surface area contributed by atoms with E-state index in [-0.39, 0.29) is 6.04 Å². The second-order valence-corrected chi connectivity index (χ2v) is 6.36. The molecule has 0 aliphatic rings. The van der Waals surface area contributed by atoms with Crippen molar-refractivity contribution in [3.8, 4) is 0 Å². The molecule has 1 unspecified atom stereocenters. The molecule has 0 amide bonds. The molecule has 0 bridgehead atoms. The lowest BCUT2D eigenvalue weighted by molar-refractivity contribution is 0.881. The number of benzene rings is 2. The van der Waals surface area contributed by atoms with Crippen LogP contribution in [0.1, 0.15) is 31.0 Å². The molecule has 1 nitrogen and oxygen atoms in total. The first-order valence-corrected chi connectivity index (χ1v) is 7.99. The molecule has 100 valence electrons. The Balaban J connectivity index is 2.13. The van der Waals surface area contributed by atoms with Crippen LogP contribution >= 0.6 is 31.9 Å². The molecule has 19 heavy (non-hydrogen) atoms. The van der Waals surface area contributed by atoms with E-state index in [1.165, 1.54) is 11.1 Å². The average Bonchev–Trinajstić information content (AvgIpc) is 2.42. The lowest BCUT2D eigenvalue weighted by Crippen LogP contribution is -2.07. The summed E-state index contributed by atoms with van der Waals surface area (Å²) in [6.07, 6.45) is 1.08. The van der Waals surface area contributed by atoms with Gasteiger partial charge in [0.1, 0.15) is 0 Å². The van der Waals surface area contributed by atoms with Crippen molar-refractivity contribution in [1.29, 1.82) is 0 Å². The fourth-order valence-corrected chi connectivity index (χ4v) is 3.13. The summed E-state index contributed by atoms with van der Waals surface area (Å²) in [5, 5.41) is 3.52. The highest BCUT2D eigenvalue weighted by Gasteiger charge is 2.07. The Bertz CT molecular complexity index is 549. The predicted octanol–water partition coefficient (Wildman–Crippen LogP) is 5.95. The topological polar surface area (TPSA) is 12.0 Å². The van der Waals surface area contributed by atoms with Crippen LogP contribution in [0.3, 0.4) is 0 Å². The van der Waals surface area contributed by atoms with Crippen LogP contribution in [0.5, 0.6) is 0 Å². The average molecular weight is 383 g/mol. The molecule has 2 rings (SSSR count). The van der Waals surface area contributed by atoms with Crippen molar-refractivity contribution in [1.82, 2.24) is 0 Å². The van der Waals surface area contributed by atoms with Crippen molar-refractivity contribution in [2.45, 2.75) is 26.3 Å². The zero-order valence-corrected chi connectivity index (χ0v) is 14.3. The highest BCUT2D eigenvalue weighted by atomic mass is 79.9. The number of halogens is 2. The largest absolute Gasteiger partial charge is 0.378 e. The normalized spacial score (nSPS) is 12.2. The van der Waals surface area contributed by atoms with Crippen LogP contribution in [0.4, 0.5) is 5.69 Å². The van der Waals surface area contributed by atoms with Gasteiger partial charge in [-0.05, 0) is 58.6 Å². The fourth-order valence-electron chi connectivity index (χ4n) is 1.97. The molecule has 0 spiro atoms. The molecule has 0 aliphatic heterocycles. The molecule has 2 aromatic carbocycles. The predicted molar refractivity (Wildman–Crippen MR) is 89.7 cm³/mol. The molecule has 2 aromatic rings. The van der Waals surface area contributed by atoms with Crippen LogP contribution in [0.2, 0.25) is 0 Å². The number of aryl methyl sites for hydroxylation is 1. The first kappa shape index (κ1) is 14.6. The van der Waals surface area contributed by atoms with Crippen LogP contribution in [0.15, 0.2) is 51.4 Å². The molecule has 0 saturated heterocycles. The molecular weight excluding hydrogens is 366 g/mol. The van der Waals surface area contributed by atoms with Crippen LogP contribution in [-0.4, -0.2) is 0 Å². The van der Waals surface area contributed by atoms with E-state index in [1.807, 2.05) is 6.07 Å². The Kier molecular flexibility index (Phi) is 5.06. The summed E-state index contributed by atoms with van der Waals surface area (Å²) >= 11 is 7.04. The summed E-state index contributed by atoms with van der Waals surface area (Å²) in [6, 6.07) is 15.2. The Morgan fingerprint density at radius 2 is 1.74 bits per heavy atom. The van der Waals surface area contributed by atoms with Gasteiger partial charge in [-0.2, -0.15) is 0 Å². The van der Waals surface area contributed by atoms with Gasteiger partial charge in [-0.15, -0.1) is 0 Å². The molecule has 0 aliphatic carbocycles. The number of rotatable bonds is 4. The third-order valence-corrected chi connectivity index (χ3v) is 4.34. The van der Waals surface area contributed by atoms with Crippen molar-refractivity contribution in [2.24, 2.45) is 0 Å². The first-order valence-electron chi connectivity index (χ1n) is 6.40. The van der Waals surface area contributed by atoms with E-state index in [4.69, 9.17) is 0 Å². The lowest BCUT2D eigenvalue weighted by atomic mass is 10.0. The van der Waals surface area contributed by atoms with E-state index in [2.05, 4.69) is 87.4 Å². The first-order chi connectivity index (χ1) is 9.10. The van der Waals surface area contributed by atoms with Gasteiger partial charge in [-0.25, -0.2) is 0 Å². The summed E-state index contributed by atoms with van der Waals surface area (Å²) < 4.78 is 2.14. The Labute approximate surface area is 131 Å². The molecule has 1 N–H and O–H groups in total. The van der Waals surface area contributed by atoms with Gasteiger partial charge in [-0.3, -0.25) is 0 Å². The molecule has 0 aromatic heterocycles. The Hall–Kier alpha value is -0.800. The van der Waals surface area contributed by atoms with Gasteiger partial charge in [0, 0.05) is 20.7 Å². The van der Waals surface area contributed by atoms with Crippen molar-refractivity contribution in [2.75, 3.05) is 5.32 Å². The summed E-state index contributed by atoms with van der Waals surface area (Å²) in [4.78, 5) is 0. The number of anilines is 1. The van der Waals surface area contributed by atoms with Crippen molar-refractivity contribution < 1.29 is 0 Å². The number of hydrogen-bond donors (Lipinski definition) is 1. The molecule has 0 heterocycles. The maximum Gasteiger partial charge on any atom is 0.0490 e. The van der Waals surface area contributed by atoms with Gasteiger partial charge in [-0.1, -0.05) is 47.1 Å². The van der Waals surface area contributed by atoms with E-state index < -0.39 is 0 Å². The van der Waals surface area contributed by atoms with Gasteiger partial charge in [0.25, 0.3) is 0 Å². The van der Waals surface area contributed by atoms with E-state index in [0.29, 0.717) is 0 Å². The maximum atomic E-state index is 3.58. The second-order valence-electron chi connectivity index (χ2n) is 4.59. The zero-order valence-electron chi connectivity index (χ0n) is 11.1. The summed E-state index contributed by atoms with van der Waals surface area (Å²) in [5.41, 5.74) is 3.78. The van der Waals surface area contributed by atoms with Gasteiger partial charge in [0.15, 0.2) is 0 Å². The zero-order chi connectivity index (χ0) is 13.8. The minimum atomic E-state index is 0.281. The quantitative estimate of drug-likeness (QED) is 0.689. The fraction of sp³-hybridized carbons (Fsp3) is 0.250. The van der Waals surface area contributed by atoms with Gasteiger partial charge >= 0.3 is 0 Å². The standard InChI is InChI=1S/C16H17Br2N/c1-3-12-4-6-13(7-5-12)11(2)19-16-9-8-14(17)10-15(16)18/h4-11,19H,3H2,1-2H3. The smallest absolute Gasteiger partial charge is 0.0490 e. The van der Waals surface area contributed by atoms with Crippen LogP contribution in [0, 0.1) is 0 Å². The van der Waals surface area contributed by atoms with E-state index in [9.17, 15) is 0 Å². The van der Waals surface area contributed by atoms with E-state index in [0.717, 1.165) is 21.1 Å². The highest BCUT2D eigenvalue weighted by molar-refractivity contribution is 9.11. The van der Waals surface area contributed by atoms with Crippen molar-refractivity contribution in [3.63, 3.8) is 0 Å². The van der Waals surface area contributed by atoms with Crippen molar-refractivity contribution in [3.05, 3.63) is 62.5 Å². The third kappa shape index (κ3) is 3.83. The van der Waals surface area contributed by atoms with E-state index in [1.54, 1.807) is 0 Å². The minimum Gasteiger partial charge on any atom is -0.378 e. The SMILES string of the molecule is CCc1ccc(C(C)Nc2ccc(Br)cc2Br)cc1.